The van der Waals surface area contributed by atoms with E-state index in [1.807, 2.05) is 16.7 Å². The molecular weight excluding hydrogens is 430 g/mol. The molecule has 0 saturated heterocycles. The van der Waals surface area contributed by atoms with Gasteiger partial charge in [-0.2, -0.15) is 0 Å². The lowest BCUT2D eigenvalue weighted by atomic mass is 10.1. The number of rotatable bonds is 8. The molecule has 5 aromatic rings. The molecule has 0 N–H and O–H groups in total. The molecule has 0 spiro atoms. The van der Waals surface area contributed by atoms with E-state index in [0.717, 1.165) is 23.9 Å². The second-order valence-electron chi connectivity index (χ2n) is 8.28. The third-order valence-electron chi connectivity index (χ3n) is 5.97. The number of unbranched alkanes of at least 4 members (excludes halogenated alkanes) is 4. The number of thiophene rings is 2. The fourth-order valence-corrected chi connectivity index (χ4v) is 6.74. The summed E-state index contributed by atoms with van der Waals surface area (Å²) in [6.45, 7) is 2.22. The number of fused-ring (bicyclic) bond motifs is 3. The van der Waals surface area contributed by atoms with Crippen LogP contribution in [0.2, 0.25) is 0 Å². The summed E-state index contributed by atoms with van der Waals surface area (Å²) in [5, 5.41) is 0. The molecule has 32 heavy (non-hydrogen) atoms. The van der Waals surface area contributed by atoms with Crippen LogP contribution in [0, 0.1) is 0 Å². The zero-order chi connectivity index (χ0) is 21.9. The minimum atomic E-state index is 0.219. The highest BCUT2D eigenvalue weighted by molar-refractivity contribution is 7.30. The molecule has 5 rings (SSSR count). The normalized spacial score (nSPS) is 11.5. The Labute approximate surface area is 197 Å². The zero-order valence-electron chi connectivity index (χ0n) is 18.3. The van der Waals surface area contributed by atoms with Gasteiger partial charge in [0, 0.05) is 16.2 Å². The molecule has 0 saturated carbocycles. The molecule has 3 heterocycles. The number of hydrogen-bond donors (Lipinski definition) is 0. The summed E-state index contributed by atoms with van der Waals surface area (Å²) in [5.41, 5.74) is 4.54. The fourth-order valence-electron chi connectivity index (χ4n) is 4.30. The van der Waals surface area contributed by atoms with Crippen molar-refractivity contribution in [1.82, 2.24) is 4.57 Å². The fraction of sp³-hybridized carbons (Fsp3) is 0.250. The largest absolute Gasteiger partial charge is 0.278 e. The minimum Gasteiger partial charge on any atom is -0.278 e. The van der Waals surface area contributed by atoms with E-state index in [0.29, 0.717) is 6.42 Å². The molecule has 162 valence electrons. The number of nitrogens with zero attached hydrogens (tertiary/aromatic N) is 1. The molecule has 2 aromatic carbocycles. The molecule has 0 unspecified atom stereocenters. The van der Waals surface area contributed by atoms with Gasteiger partial charge in [0.15, 0.2) is 0 Å². The van der Waals surface area contributed by atoms with Crippen molar-refractivity contribution < 1.29 is 4.79 Å². The molecule has 0 aliphatic rings. The zero-order valence-corrected chi connectivity index (χ0v) is 20.0. The van der Waals surface area contributed by atoms with E-state index >= 15 is 0 Å². The monoisotopic (exact) mass is 457 g/mol. The number of carbonyl (C=O) groups excluding carboxylic acids is 1. The summed E-state index contributed by atoms with van der Waals surface area (Å²) >= 11 is 3.60. The summed E-state index contributed by atoms with van der Waals surface area (Å²) in [6.07, 6.45) is 6.39. The SMILES string of the molecule is CCCCCCCC(=O)n1c2cc(-c3ccccc3)sc2c2sc(-c3ccccc3)cc21. The average Bonchev–Trinajstić information content (AvgIpc) is 3.51. The Bertz CT molecular complexity index is 1250. The Hall–Kier alpha value is -2.69. The summed E-state index contributed by atoms with van der Waals surface area (Å²) in [6, 6.07) is 25.4. The second-order valence-corrected chi connectivity index (χ2v) is 10.4. The second kappa shape index (κ2) is 9.43. The molecule has 0 bridgehead atoms. The quantitative estimate of drug-likeness (QED) is 0.213. The Kier molecular flexibility index (Phi) is 6.24. The Morgan fingerprint density at radius 2 is 1.22 bits per heavy atom. The van der Waals surface area contributed by atoms with Gasteiger partial charge in [0.05, 0.1) is 20.4 Å². The van der Waals surface area contributed by atoms with E-state index in [4.69, 9.17) is 0 Å². The van der Waals surface area contributed by atoms with Crippen molar-refractivity contribution in [3.8, 4) is 20.9 Å². The van der Waals surface area contributed by atoms with E-state index in [1.54, 1.807) is 22.7 Å². The third kappa shape index (κ3) is 4.05. The van der Waals surface area contributed by atoms with Crippen LogP contribution in [-0.2, 0) is 0 Å². The number of carbonyl (C=O) groups is 1. The maximum Gasteiger partial charge on any atom is 0.231 e. The van der Waals surface area contributed by atoms with Gasteiger partial charge in [0.2, 0.25) is 5.91 Å². The predicted molar refractivity (Wildman–Crippen MR) is 140 cm³/mol. The minimum absolute atomic E-state index is 0.219. The Morgan fingerprint density at radius 1 is 0.719 bits per heavy atom. The van der Waals surface area contributed by atoms with Crippen LogP contribution in [0.1, 0.15) is 50.2 Å². The molecule has 0 fully saturated rings. The van der Waals surface area contributed by atoms with Crippen molar-refractivity contribution in [2.75, 3.05) is 0 Å². The topological polar surface area (TPSA) is 22.0 Å². The Morgan fingerprint density at radius 3 is 1.72 bits per heavy atom. The highest BCUT2D eigenvalue weighted by Crippen LogP contribution is 2.45. The molecule has 4 heteroatoms. The highest BCUT2D eigenvalue weighted by Gasteiger charge is 2.22. The van der Waals surface area contributed by atoms with Crippen LogP contribution in [0.25, 0.3) is 41.3 Å². The van der Waals surface area contributed by atoms with E-state index in [9.17, 15) is 4.79 Å². The molecule has 2 nitrogen and oxygen atoms in total. The van der Waals surface area contributed by atoms with E-state index < -0.39 is 0 Å². The molecular formula is C28H27NOS2. The average molecular weight is 458 g/mol. The van der Waals surface area contributed by atoms with Crippen molar-refractivity contribution in [3.63, 3.8) is 0 Å². The Balaban J connectivity index is 1.58. The van der Waals surface area contributed by atoms with Crippen molar-refractivity contribution in [2.45, 2.75) is 45.4 Å². The summed E-state index contributed by atoms with van der Waals surface area (Å²) in [4.78, 5) is 15.9. The summed E-state index contributed by atoms with van der Waals surface area (Å²) in [7, 11) is 0. The van der Waals surface area contributed by atoms with Crippen molar-refractivity contribution in [1.29, 1.82) is 0 Å². The van der Waals surface area contributed by atoms with Gasteiger partial charge >= 0.3 is 0 Å². The van der Waals surface area contributed by atoms with Crippen LogP contribution < -0.4 is 0 Å². The van der Waals surface area contributed by atoms with Crippen molar-refractivity contribution >= 4 is 49.0 Å². The van der Waals surface area contributed by atoms with Gasteiger partial charge in [-0.15, -0.1) is 22.7 Å². The lowest BCUT2D eigenvalue weighted by molar-refractivity contribution is 0.0909. The van der Waals surface area contributed by atoms with E-state index in [1.165, 1.54) is 49.5 Å². The predicted octanol–water partition coefficient (Wildman–Crippen LogP) is 9.25. The first kappa shape index (κ1) is 21.2. The van der Waals surface area contributed by atoms with Gasteiger partial charge in [-0.3, -0.25) is 9.36 Å². The third-order valence-corrected chi connectivity index (χ3v) is 8.48. The first-order valence-electron chi connectivity index (χ1n) is 11.5. The molecule has 0 atom stereocenters. The van der Waals surface area contributed by atoms with Crippen LogP contribution in [0.15, 0.2) is 72.8 Å². The van der Waals surface area contributed by atoms with Crippen molar-refractivity contribution in [3.05, 3.63) is 72.8 Å². The van der Waals surface area contributed by atoms with Gasteiger partial charge < -0.3 is 0 Å². The lowest BCUT2D eigenvalue weighted by Crippen LogP contribution is -2.09. The first-order chi connectivity index (χ1) is 15.8. The molecule has 0 amide bonds. The number of aromatic nitrogens is 1. The van der Waals surface area contributed by atoms with Crippen LogP contribution in [0.3, 0.4) is 0 Å². The van der Waals surface area contributed by atoms with E-state index in [2.05, 4.69) is 67.6 Å². The number of hydrogen-bond acceptors (Lipinski definition) is 3. The van der Waals surface area contributed by atoms with Gasteiger partial charge in [0.25, 0.3) is 0 Å². The first-order valence-corrected chi connectivity index (χ1v) is 13.1. The smallest absolute Gasteiger partial charge is 0.231 e. The maximum absolute atomic E-state index is 13.4. The van der Waals surface area contributed by atoms with Gasteiger partial charge in [-0.25, -0.2) is 0 Å². The standard InChI is InChI=1S/C28H27NOS2/c1-2-3-4-5-12-17-26(30)29-22-18-24(20-13-8-6-9-14-20)31-27(22)28-23(29)19-25(32-28)21-15-10-7-11-16-21/h6-11,13-16,18-19H,2-5,12,17H2,1H3. The lowest BCUT2D eigenvalue weighted by Gasteiger charge is -2.05. The molecule has 0 aliphatic carbocycles. The van der Waals surface area contributed by atoms with Crippen LogP contribution in [-0.4, -0.2) is 10.5 Å². The molecule has 3 aromatic heterocycles. The maximum atomic E-state index is 13.4. The van der Waals surface area contributed by atoms with Gasteiger partial charge in [-0.05, 0) is 29.7 Å². The summed E-state index contributed by atoms with van der Waals surface area (Å²) in [5.74, 6) is 0.219. The van der Waals surface area contributed by atoms with Gasteiger partial charge in [-0.1, -0.05) is 93.3 Å². The van der Waals surface area contributed by atoms with Crippen LogP contribution >= 0.6 is 22.7 Å². The van der Waals surface area contributed by atoms with Crippen LogP contribution in [0.5, 0.6) is 0 Å². The van der Waals surface area contributed by atoms with E-state index in [-0.39, 0.29) is 5.91 Å². The van der Waals surface area contributed by atoms with Crippen molar-refractivity contribution in [2.24, 2.45) is 0 Å². The summed E-state index contributed by atoms with van der Waals surface area (Å²) < 4.78 is 4.45. The van der Waals surface area contributed by atoms with Gasteiger partial charge in [0.1, 0.15) is 0 Å². The molecule has 0 aliphatic heterocycles. The van der Waals surface area contributed by atoms with Crippen LogP contribution in [0.4, 0.5) is 0 Å². The molecule has 0 radical (unpaired) electrons. The number of benzene rings is 2. The highest BCUT2D eigenvalue weighted by atomic mass is 32.1.